The van der Waals surface area contributed by atoms with E-state index in [1.165, 1.54) is 24.2 Å². The molecule has 0 bridgehead atoms. The van der Waals surface area contributed by atoms with Crippen LogP contribution in [-0.4, -0.2) is 16.6 Å². The van der Waals surface area contributed by atoms with Crippen LogP contribution in [-0.2, 0) is 13.0 Å². The van der Waals surface area contributed by atoms with Gasteiger partial charge in [-0.25, -0.2) is 4.98 Å². The summed E-state index contributed by atoms with van der Waals surface area (Å²) in [7, 11) is 1.91. The van der Waals surface area contributed by atoms with Gasteiger partial charge in [-0.2, -0.15) is 0 Å². The van der Waals surface area contributed by atoms with Crippen molar-refractivity contribution in [1.82, 2.24) is 14.9 Å². The second kappa shape index (κ2) is 6.27. The summed E-state index contributed by atoms with van der Waals surface area (Å²) in [5, 5.41) is 3.02. The molecule has 1 heterocycles. The normalized spacial score (nSPS) is 11.1. The Hall–Kier alpha value is -1.25. The van der Waals surface area contributed by atoms with Crippen LogP contribution in [0.4, 0.5) is 0 Å². The molecule has 3 heteroatoms. The molecule has 1 aromatic heterocycles. The van der Waals surface area contributed by atoms with Crippen LogP contribution < -0.4 is 5.32 Å². The number of aromatic nitrogens is 2. The van der Waals surface area contributed by atoms with Gasteiger partial charge in [0.05, 0.1) is 17.7 Å². The molecule has 0 aliphatic heterocycles. The van der Waals surface area contributed by atoms with Crippen LogP contribution >= 0.6 is 0 Å². The van der Waals surface area contributed by atoms with Crippen LogP contribution in [0.2, 0.25) is 0 Å². The van der Waals surface area contributed by atoms with E-state index in [9.17, 15) is 0 Å². The number of nitrogens with zero attached hydrogens (tertiary/aromatic N) is 2. The highest BCUT2D eigenvalue weighted by atomic mass is 15.1. The lowest BCUT2D eigenvalue weighted by atomic mass is 10.2. The average molecular weight is 207 g/mol. The lowest BCUT2D eigenvalue weighted by molar-refractivity contribution is 0.627. The van der Waals surface area contributed by atoms with Crippen molar-refractivity contribution in [3.05, 3.63) is 23.9 Å². The lowest BCUT2D eigenvalue weighted by Crippen LogP contribution is -2.01. The molecule has 0 radical (unpaired) electrons. The largest absolute Gasteiger partial charge is 0.394 e. The molecule has 0 amide bonds. The Morgan fingerprint density at radius 2 is 2.27 bits per heavy atom. The van der Waals surface area contributed by atoms with Gasteiger partial charge in [-0.3, -0.25) is 0 Å². The minimum atomic E-state index is 0.989. The predicted octanol–water partition coefficient (Wildman–Crippen LogP) is 2.44. The molecule has 84 valence electrons. The van der Waals surface area contributed by atoms with Gasteiger partial charge in [-0.1, -0.05) is 20.3 Å². The lowest BCUT2D eigenvalue weighted by Gasteiger charge is -2.05. The zero-order chi connectivity index (χ0) is 11.1. The monoisotopic (exact) mass is 207 g/mol. The van der Waals surface area contributed by atoms with Crippen molar-refractivity contribution in [3.63, 3.8) is 0 Å². The highest BCUT2D eigenvalue weighted by Gasteiger charge is 2.05. The van der Waals surface area contributed by atoms with Gasteiger partial charge in [-0.05, 0) is 25.1 Å². The maximum Gasteiger partial charge on any atom is 0.0954 e. The van der Waals surface area contributed by atoms with Crippen molar-refractivity contribution in [3.8, 4) is 0 Å². The van der Waals surface area contributed by atoms with Gasteiger partial charge < -0.3 is 9.88 Å². The number of hydrogen-bond acceptors (Lipinski definition) is 2. The topological polar surface area (TPSA) is 29.9 Å². The fourth-order valence-electron chi connectivity index (χ4n) is 1.57. The summed E-state index contributed by atoms with van der Waals surface area (Å²) in [5.74, 6) is 0. The molecule has 0 spiro atoms. The van der Waals surface area contributed by atoms with Crippen molar-refractivity contribution in [2.24, 2.45) is 0 Å². The summed E-state index contributed by atoms with van der Waals surface area (Å²) in [6, 6.07) is 0. The zero-order valence-electron chi connectivity index (χ0n) is 9.95. The summed E-state index contributed by atoms with van der Waals surface area (Å²) in [4.78, 5) is 4.42. The van der Waals surface area contributed by atoms with Gasteiger partial charge in [0.1, 0.15) is 0 Å². The molecule has 0 aliphatic rings. The van der Waals surface area contributed by atoms with Crippen molar-refractivity contribution >= 4 is 6.08 Å². The van der Waals surface area contributed by atoms with Crippen molar-refractivity contribution < 1.29 is 0 Å². The van der Waals surface area contributed by atoms with E-state index in [1.54, 1.807) is 0 Å². The first-order valence-corrected chi connectivity index (χ1v) is 5.71. The Balaban J connectivity index is 2.84. The zero-order valence-corrected chi connectivity index (χ0v) is 9.95. The van der Waals surface area contributed by atoms with Gasteiger partial charge in [0.2, 0.25) is 0 Å². The smallest absolute Gasteiger partial charge is 0.0954 e. The Labute approximate surface area is 92.2 Å². The van der Waals surface area contributed by atoms with Crippen LogP contribution in [0.25, 0.3) is 6.08 Å². The third-order valence-electron chi connectivity index (χ3n) is 2.45. The molecule has 0 aromatic carbocycles. The van der Waals surface area contributed by atoms with E-state index >= 15 is 0 Å². The third kappa shape index (κ3) is 3.11. The second-order valence-corrected chi connectivity index (χ2v) is 3.60. The molecule has 1 rings (SSSR count). The molecule has 0 atom stereocenters. The van der Waals surface area contributed by atoms with E-state index in [0.717, 1.165) is 13.0 Å². The number of unbranched alkanes of at least 4 members (excludes halogenated alkanes) is 1. The Morgan fingerprint density at radius 3 is 2.87 bits per heavy atom. The molecule has 0 unspecified atom stereocenters. The summed E-state index contributed by atoms with van der Waals surface area (Å²) in [6.07, 6.45) is 9.42. The maximum absolute atomic E-state index is 4.42. The maximum atomic E-state index is 4.42. The molecular formula is C12H21N3. The van der Waals surface area contributed by atoms with Crippen LogP contribution in [0, 0.1) is 0 Å². The molecule has 0 saturated carbocycles. The standard InChI is InChI=1S/C12H21N3/c1-4-6-9-15-10-14-11(5-2)12(15)7-8-13-3/h7-8,10,13H,4-6,9H2,1-3H3/b8-7-. The van der Waals surface area contributed by atoms with Gasteiger partial charge in [0.25, 0.3) is 0 Å². The predicted molar refractivity (Wildman–Crippen MR) is 64.6 cm³/mol. The minimum Gasteiger partial charge on any atom is -0.394 e. The quantitative estimate of drug-likeness (QED) is 0.776. The first kappa shape index (κ1) is 11.8. The summed E-state index contributed by atoms with van der Waals surface area (Å²) in [5.41, 5.74) is 2.41. The van der Waals surface area contributed by atoms with E-state index in [-0.39, 0.29) is 0 Å². The molecule has 1 aromatic rings. The molecule has 0 fully saturated rings. The van der Waals surface area contributed by atoms with E-state index in [2.05, 4.69) is 34.8 Å². The first-order chi connectivity index (χ1) is 7.33. The summed E-state index contributed by atoms with van der Waals surface area (Å²) in [6.45, 7) is 5.41. The second-order valence-electron chi connectivity index (χ2n) is 3.60. The van der Waals surface area contributed by atoms with Crippen molar-refractivity contribution in [2.75, 3.05) is 7.05 Å². The SMILES string of the molecule is CCCCn1cnc(CC)c1/C=C\NC. The molecular weight excluding hydrogens is 186 g/mol. The first-order valence-electron chi connectivity index (χ1n) is 5.71. The molecule has 1 N–H and O–H groups in total. The highest BCUT2D eigenvalue weighted by Crippen LogP contribution is 2.11. The van der Waals surface area contributed by atoms with Gasteiger partial charge >= 0.3 is 0 Å². The number of aryl methyl sites for hydroxylation is 2. The van der Waals surface area contributed by atoms with E-state index in [0.29, 0.717) is 0 Å². The van der Waals surface area contributed by atoms with Gasteiger partial charge in [0.15, 0.2) is 0 Å². The average Bonchev–Trinajstić information content (AvgIpc) is 2.65. The van der Waals surface area contributed by atoms with Crippen LogP contribution in [0.1, 0.15) is 38.1 Å². The molecule has 0 saturated heterocycles. The Bertz CT molecular complexity index is 313. The Kier molecular flexibility index (Phi) is 4.95. The molecule has 3 nitrogen and oxygen atoms in total. The molecule has 0 aliphatic carbocycles. The fourth-order valence-corrected chi connectivity index (χ4v) is 1.57. The van der Waals surface area contributed by atoms with E-state index < -0.39 is 0 Å². The number of hydrogen-bond donors (Lipinski definition) is 1. The van der Waals surface area contributed by atoms with E-state index in [1.807, 2.05) is 19.6 Å². The third-order valence-corrected chi connectivity index (χ3v) is 2.45. The van der Waals surface area contributed by atoms with Crippen molar-refractivity contribution in [1.29, 1.82) is 0 Å². The minimum absolute atomic E-state index is 0.989. The van der Waals surface area contributed by atoms with E-state index in [4.69, 9.17) is 0 Å². The number of rotatable bonds is 6. The fraction of sp³-hybridized carbons (Fsp3) is 0.583. The van der Waals surface area contributed by atoms with Crippen LogP contribution in [0.3, 0.4) is 0 Å². The molecule has 15 heavy (non-hydrogen) atoms. The van der Waals surface area contributed by atoms with Crippen LogP contribution in [0.5, 0.6) is 0 Å². The summed E-state index contributed by atoms with van der Waals surface area (Å²) < 4.78 is 2.23. The highest BCUT2D eigenvalue weighted by molar-refractivity contribution is 5.47. The van der Waals surface area contributed by atoms with Gasteiger partial charge in [0, 0.05) is 13.6 Å². The van der Waals surface area contributed by atoms with Gasteiger partial charge in [-0.15, -0.1) is 0 Å². The van der Waals surface area contributed by atoms with Crippen molar-refractivity contribution in [2.45, 2.75) is 39.7 Å². The van der Waals surface area contributed by atoms with Crippen LogP contribution in [0.15, 0.2) is 12.5 Å². The Morgan fingerprint density at radius 1 is 1.47 bits per heavy atom. The number of imidazole rings is 1. The number of nitrogens with one attached hydrogen (secondary N) is 1. The summed E-state index contributed by atoms with van der Waals surface area (Å²) >= 11 is 0.